The van der Waals surface area contributed by atoms with Gasteiger partial charge in [-0.3, -0.25) is 0 Å². The van der Waals surface area contributed by atoms with Crippen LogP contribution in [-0.2, 0) is 10.0 Å². The summed E-state index contributed by atoms with van der Waals surface area (Å²) in [6, 6.07) is 4.94. The van der Waals surface area contributed by atoms with Crippen molar-refractivity contribution >= 4 is 10.0 Å². The number of sulfonamides is 1. The van der Waals surface area contributed by atoms with Crippen LogP contribution >= 0.6 is 0 Å². The van der Waals surface area contributed by atoms with Crippen LogP contribution in [0, 0.1) is 5.82 Å². The molecular weight excluding hydrogens is 267 g/mol. The maximum atomic E-state index is 12.8. The van der Waals surface area contributed by atoms with Gasteiger partial charge in [0.2, 0.25) is 10.0 Å². The molecule has 0 aliphatic carbocycles. The van der Waals surface area contributed by atoms with E-state index in [2.05, 4.69) is 4.90 Å². The molecule has 1 aromatic carbocycles. The van der Waals surface area contributed by atoms with Gasteiger partial charge in [-0.1, -0.05) is 0 Å². The second-order valence-corrected chi connectivity index (χ2v) is 6.87. The Bertz CT molecular complexity index is 510. The Balaban J connectivity index is 1.99. The van der Waals surface area contributed by atoms with Gasteiger partial charge in [0.25, 0.3) is 0 Å². The normalized spacial score (nSPS) is 17.2. The van der Waals surface area contributed by atoms with Crippen molar-refractivity contribution in [3.63, 3.8) is 0 Å². The number of hydrogen-bond donors (Lipinski definition) is 0. The topological polar surface area (TPSA) is 40.6 Å². The Kier molecular flexibility index (Phi) is 4.54. The molecule has 1 aliphatic rings. The van der Waals surface area contributed by atoms with Crippen molar-refractivity contribution in [2.75, 3.05) is 33.2 Å². The highest BCUT2D eigenvalue weighted by atomic mass is 32.2. The summed E-state index contributed by atoms with van der Waals surface area (Å²) in [5.41, 5.74) is 0. The predicted molar refractivity (Wildman–Crippen MR) is 71.9 cm³/mol. The molecule has 1 fully saturated rings. The van der Waals surface area contributed by atoms with Gasteiger partial charge >= 0.3 is 0 Å². The Morgan fingerprint density at radius 3 is 2.37 bits per heavy atom. The monoisotopic (exact) mass is 286 g/mol. The summed E-state index contributed by atoms with van der Waals surface area (Å²) < 4.78 is 38.6. The van der Waals surface area contributed by atoms with Crippen LogP contribution in [0.2, 0.25) is 0 Å². The number of halogens is 1. The summed E-state index contributed by atoms with van der Waals surface area (Å²) in [7, 11) is -1.94. The fourth-order valence-electron chi connectivity index (χ4n) is 2.20. The smallest absolute Gasteiger partial charge is 0.242 e. The van der Waals surface area contributed by atoms with Gasteiger partial charge in [0, 0.05) is 20.1 Å². The van der Waals surface area contributed by atoms with E-state index in [4.69, 9.17) is 0 Å². The predicted octanol–water partition coefficient (Wildman–Crippen LogP) is 1.54. The van der Waals surface area contributed by atoms with Crippen molar-refractivity contribution in [1.82, 2.24) is 9.21 Å². The van der Waals surface area contributed by atoms with Gasteiger partial charge in [-0.2, -0.15) is 4.31 Å². The standard InChI is InChI=1S/C13H19FN2O2S/c1-15(10-11-16-8-2-3-9-16)19(17,18)13-6-4-12(14)5-7-13/h4-7H,2-3,8-11H2,1H3. The highest BCUT2D eigenvalue weighted by molar-refractivity contribution is 7.89. The summed E-state index contributed by atoms with van der Waals surface area (Å²) in [5, 5.41) is 0. The molecule has 0 aromatic heterocycles. The lowest BCUT2D eigenvalue weighted by Gasteiger charge is -2.21. The van der Waals surface area contributed by atoms with E-state index in [1.165, 1.54) is 41.4 Å². The molecule has 0 N–H and O–H groups in total. The van der Waals surface area contributed by atoms with E-state index in [1.54, 1.807) is 7.05 Å². The number of benzene rings is 1. The molecule has 4 nitrogen and oxygen atoms in total. The van der Waals surface area contributed by atoms with E-state index in [0.29, 0.717) is 6.54 Å². The van der Waals surface area contributed by atoms with Gasteiger partial charge in [0.05, 0.1) is 4.90 Å². The molecule has 0 bridgehead atoms. The fourth-order valence-corrected chi connectivity index (χ4v) is 3.36. The second-order valence-electron chi connectivity index (χ2n) is 4.83. The highest BCUT2D eigenvalue weighted by Crippen LogP contribution is 2.15. The first kappa shape index (κ1) is 14.4. The van der Waals surface area contributed by atoms with Crippen molar-refractivity contribution in [3.8, 4) is 0 Å². The van der Waals surface area contributed by atoms with E-state index in [-0.39, 0.29) is 4.90 Å². The molecule has 1 saturated heterocycles. The Labute approximate surface area is 113 Å². The number of hydrogen-bond acceptors (Lipinski definition) is 3. The van der Waals surface area contributed by atoms with Gasteiger partial charge in [0.15, 0.2) is 0 Å². The molecule has 0 unspecified atom stereocenters. The molecular formula is C13H19FN2O2S. The molecule has 19 heavy (non-hydrogen) atoms. The van der Waals surface area contributed by atoms with Gasteiger partial charge in [0.1, 0.15) is 5.82 Å². The summed E-state index contributed by atoms with van der Waals surface area (Å²) in [6.45, 7) is 3.30. The molecule has 1 aromatic rings. The molecule has 0 amide bonds. The van der Waals surface area contributed by atoms with Crippen LogP contribution in [0.15, 0.2) is 29.2 Å². The van der Waals surface area contributed by atoms with Crippen LogP contribution in [0.4, 0.5) is 4.39 Å². The second kappa shape index (κ2) is 5.98. The van der Waals surface area contributed by atoms with Gasteiger partial charge in [-0.05, 0) is 50.2 Å². The third-order valence-corrected chi connectivity index (χ3v) is 5.32. The minimum absolute atomic E-state index is 0.137. The lowest BCUT2D eigenvalue weighted by Crippen LogP contribution is -2.35. The minimum atomic E-state index is -3.51. The maximum absolute atomic E-state index is 12.8. The van der Waals surface area contributed by atoms with Crippen LogP contribution in [0.25, 0.3) is 0 Å². The van der Waals surface area contributed by atoms with E-state index in [9.17, 15) is 12.8 Å². The Hall–Kier alpha value is -0.980. The number of likely N-dealkylation sites (N-methyl/N-ethyl adjacent to an activating group) is 1. The SMILES string of the molecule is CN(CCN1CCCC1)S(=O)(=O)c1ccc(F)cc1. The van der Waals surface area contributed by atoms with Gasteiger partial charge in [-0.25, -0.2) is 12.8 Å². The maximum Gasteiger partial charge on any atom is 0.242 e. The van der Waals surface area contributed by atoms with Gasteiger partial charge in [-0.15, -0.1) is 0 Å². The zero-order chi connectivity index (χ0) is 13.9. The molecule has 0 atom stereocenters. The lowest BCUT2D eigenvalue weighted by atomic mass is 10.4. The average Bonchev–Trinajstić information content (AvgIpc) is 2.89. The van der Waals surface area contributed by atoms with Crippen LogP contribution in [0.3, 0.4) is 0 Å². The summed E-state index contributed by atoms with van der Waals surface area (Å²) in [5.74, 6) is -0.432. The van der Waals surface area contributed by atoms with Crippen molar-refractivity contribution in [1.29, 1.82) is 0 Å². The molecule has 106 valence electrons. The Morgan fingerprint density at radius 2 is 1.79 bits per heavy atom. The molecule has 2 rings (SSSR count). The van der Waals surface area contributed by atoms with E-state index >= 15 is 0 Å². The summed E-state index contributed by atoms with van der Waals surface area (Å²) in [6.07, 6.45) is 2.38. The quantitative estimate of drug-likeness (QED) is 0.824. The first-order chi connectivity index (χ1) is 9.00. The number of rotatable bonds is 5. The largest absolute Gasteiger partial charge is 0.302 e. The minimum Gasteiger partial charge on any atom is -0.302 e. The van der Waals surface area contributed by atoms with E-state index < -0.39 is 15.8 Å². The molecule has 0 spiro atoms. The van der Waals surface area contributed by atoms with Crippen LogP contribution in [-0.4, -0.2) is 50.8 Å². The zero-order valence-electron chi connectivity index (χ0n) is 11.0. The molecule has 1 heterocycles. The van der Waals surface area contributed by atoms with Crippen LogP contribution in [0.5, 0.6) is 0 Å². The zero-order valence-corrected chi connectivity index (χ0v) is 11.9. The Morgan fingerprint density at radius 1 is 1.21 bits per heavy atom. The third-order valence-electron chi connectivity index (χ3n) is 3.45. The van der Waals surface area contributed by atoms with Crippen molar-refractivity contribution in [3.05, 3.63) is 30.1 Å². The highest BCUT2D eigenvalue weighted by Gasteiger charge is 2.21. The van der Waals surface area contributed by atoms with Gasteiger partial charge < -0.3 is 4.90 Å². The van der Waals surface area contributed by atoms with Crippen molar-refractivity contribution < 1.29 is 12.8 Å². The number of nitrogens with zero attached hydrogens (tertiary/aromatic N) is 2. The third kappa shape index (κ3) is 3.52. The van der Waals surface area contributed by atoms with Crippen molar-refractivity contribution in [2.24, 2.45) is 0 Å². The summed E-state index contributed by atoms with van der Waals surface area (Å²) in [4.78, 5) is 2.40. The van der Waals surface area contributed by atoms with E-state index in [1.807, 2.05) is 0 Å². The lowest BCUT2D eigenvalue weighted by molar-refractivity contribution is 0.310. The molecule has 6 heteroatoms. The first-order valence-electron chi connectivity index (χ1n) is 6.44. The van der Waals surface area contributed by atoms with Crippen LogP contribution < -0.4 is 0 Å². The molecule has 0 saturated carbocycles. The molecule has 1 aliphatic heterocycles. The molecule has 0 radical (unpaired) electrons. The van der Waals surface area contributed by atoms with Crippen molar-refractivity contribution in [2.45, 2.75) is 17.7 Å². The van der Waals surface area contributed by atoms with E-state index in [0.717, 1.165) is 19.6 Å². The first-order valence-corrected chi connectivity index (χ1v) is 7.88. The average molecular weight is 286 g/mol. The number of likely N-dealkylation sites (tertiary alicyclic amines) is 1. The van der Waals surface area contributed by atoms with Crippen LogP contribution in [0.1, 0.15) is 12.8 Å². The fraction of sp³-hybridized carbons (Fsp3) is 0.538. The summed E-state index contributed by atoms with van der Waals surface area (Å²) >= 11 is 0.